The molecule has 2 aliphatic rings. The molecule has 0 unspecified atom stereocenters. The van der Waals surface area contributed by atoms with E-state index in [0.717, 1.165) is 34.1 Å². The Hall–Kier alpha value is -3.29. The Morgan fingerprint density at radius 2 is 1.92 bits per heavy atom. The Labute approximate surface area is 233 Å². The van der Waals surface area contributed by atoms with Crippen molar-refractivity contribution in [1.29, 1.82) is 0 Å². The summed E-state index contributed by atoms with van der Waals surface area (Å²) in [5, 5.41) is 3.46. The predicted molar refractivity (Wildman–Crippen MR) is 156 cm³/mol. The van der Waals surface area contributed by atoms with Crippen LogP contribution < -0.4 is 5.32 Å². The van der Waals surface area contributed by atoms with Crippen LogP contribution in [0.5, 0.6) is 0 Å². The molecule has 0 atom stereocenters. The van der Waals surface area contributed by atoms with Crippen molar-refractivity contribution in [2.24, 2.45) is 5.41 Å². The van der Waals surface area contributed by atoms with Crippen molar-refractivity contribution in [3.63, 3.8) is 0 Å². The SMILES string of the molecule is Cc1cccc(Cc2nc(S(=O)(=O)c3ccc(Br)cc3)cnc2N/C(=C\C2=CC=CC2)C2=CC(C)(C)C2)c1. The van der Waals surface area contributed by atoms with Gasteiger partial charge in [-0.1, -0.05) is 83.9 Å². The van der Waals surface area contributed by atoms with Crippen molar-refractivity contribution in [3.05, 3.63) is 123 Å². The van der Waals surface area contributed by atoms with Crippen molar-refractivity contribution in [2.45, 2.75) is 50.0 Å². The fourth-order valence-corrected chi connectivity index (χ4v) is 6.14. The zero-order chi connectivity index (χ0) is 26.9. The molecule has 0 fully saturated rings. The number of nitrogens with zero attached hydrogens (tertiary/aromatic N) is 2. The van der Waals surface area contributed by atoms with E-state index in [0.29, 0.717) is 17.9 Å². The molecular weight excluding hydrogens is 558 g/mol. The average molecular weight is 589 g/mol. The van der Waals surface area contributed by atoms with E-state index in [-0.39, 0.29) is 15.3 Å². The monoisotopic (exact) mass is 587 g/mol. The maximum absolute atomic E-state index is 13.4. The highest BCUT2D eigenvalue weighted by atomic mass is 79.9. The molecule has 1 N–H and O–H groups in total. The number of nitrogens with one attached hydrogen (secondary N) is 1. The topological polar surface area (TPSA) is 72.0 Å². The Morgan fingerprint density at radius 1 is 1.16 bits per heavy atom. The molecule has 5 rings (SSSR count). The van der Waals surface area contributed by atoms with Crippen LogP contribution >= 0.6 is 15.9 Å². The second kappa shape index (κ2) is 10.5. The van der Waals surface area contributed by atoms with Crippen LogP contribution in [0, 0.1) is 12.3 Å². The van der Waals surface area contributed by atoms with Crippen LogP contribution in [0.4, 0.5) is 5.82 Å². The van der Waals surface area contributed by atoms with Gasteiger partial charge >= 0.3 is 0 Å². The number of aryl methyl sites for hydroxylation is 1. The average Bonchev–Trinajstić information content (AvgIpc) is 3.36. The van der Waals surface area contributed by atoms with Gasteiger partial charge in [-0.25, -0.2) is 18.4 Å². The van der Waals surface area contributed by atoms with E-state index in [2.05, 4.69) is 81.5 Å². The van der Waals surface area contributed by atoms with Crippen molar-refractivity contribution in [3.8, 4) is 0 Å². The van der Waals surface area contributed by atoms with Gasteiger partial charge in [0.1, 0.15) is 0 Å². The maximum atomic E-state index is 13.4. The Kier molecular flexibility index (Phi) is 7.25. The summed E-state index contributed by atoms with van der Waals surface area (Å²) in [7, 11) is -3.83. The number of aromatic nitrogens is 2. The lowest BCUT2D eigenvalue weighted by Gasteiger charge is -2.34. The summed E-state index contributed by atoms with van der Waals surface area (Å²) < 4.78 is 27.7. The first-order valence-electron chi connectivity index (χ1n) is 12.6. The van der Waals surface area contributed by atoms with E-state index >= 15 is 0 Å². The Morgan fingerprint density at radius 3 is 2.58 bits per heavy atom. The molecule has 194 valence electrons. The van der Waals surface area contributed by atoms with Crippen LogP contribution in [0.1, 0.15) is 43.5 Å². The number of benzene rings is 2. The van der Waals surface area contributed by atoms with Crippen LogP contribution in [0.3, 0.4) is 0 Å². The summed E-state index contributed by atoms with van der Waals surface area (Å²) >= 11 is 3.37. The van der Waals surface area contributed by atoms with Gasteiger partial charge in [0.2, 0.25) is 9.84 Å². The zero-order valence-electron chi connectivity index (χ0n) is 21.7. The molecule has 0 radical (unpaired) electrons. The van der Waals surface area contributed by atoms with Gasteiger partial charge in [-0.05, 0) is 72.2 Å². The molecule has 0 saturated heterocycles. The van der Waals surface area contributed by atoms with Crippen LogP contribution in [-0.4, -0.2) is 18.4 Å². The van der Waals surface area contributed by atoms with Crippen molar-refractivity contribution in [2.75, 3.05) is 5.32 Å². The molecule has 1 aromatic heterocycles. The second-order valence-electron chi connectivity index (χ2n) is 10.5. The van der Waals surface area contributed by atoms with Gasteiger partial charge in [-0.3, -0.25) is 0 Å². The summed E-state index contributed by atoms with van der Waals surface area (Å²) in [6.45, 7) is 6.47. The minimum Gasteiger partial charge on any atom is -0.338 e. The van der Waals surface area contributed by atoms with Crippen molar-refractivity contribution >= 4 is 31.6 Å². The van der Waals surface area contributed by atoms with Gasteiger partial charge in [-0.2, -0.15) is 0 Å². The second-order valence-corrected chi connectivity index (χ2v) is 13.3. The standard InChI is InChI=1S/C31H30BrN3O2S/c1-21-7-6-10-23(15-21)17-28-30(33-20-29(34-28)38(36,37)26-13-11-25(32)12-14-26)35-27(16-22-8-4-5-9-22)24-18-31(2,3)19-24/h4-8,10-16,18,20H,9,17,19H2,1-3H3,(H,33,35)/b27-16-. The first kappa shape index (κ1) is 26.3. The predicted octanol–water partition coefficient (Wildman–Crippen LogP) is 7.51. The van der Waals surface area contributed by atoms with Gasteiger partial charge in [0.15, 0.2) is 10.8 Å². The molecular formula is C31H30BrN3O2S. The van der Waals surface area contributed by atoms with E-state index in [1.807, 2.05) is 25.1 Å². The minimum atomic E-state index is -3.83. The summed E-state index contributed by atoms with van der Waals surface area (Å²) in [6.07, 6.45) is 14.4. The van der Waals surface area contributed by atoms with Crippen molar-refractivity contribution < 1.29 is 8.42 Å². The first-order valence-corrected chi connectivity index (χ1v) is 14.9. The van der Waals surface area contributed by atoms with Gasteiger partial charge in [0.05, 0.1) is 16.8 Å². The van der Waals surface area contributed by atoms with E-state index in [9.17, 15) is 8.42 Å². The number of anilines is 1. The third-order valence-electron chi connectivity index (χ3n) is 6.62. The molecule has 0 saturated carbocycles. The molecule has 1 heterocycles. The first-order chi connectivity index (χ1) is 18.1. The van der Waals surface area contributed by atoms with Crippen molar-refractivity contribution in [1.82, 2.24) is 9.97 Å². The van der Waals surface area contributed by atoms with E-state index in [4.69, 9.17) is 0 Å². The molecule has 0 aliphatic heterocycles. The van der Waals surface area contributed by atoms with Crippen LogP contribution in [0.2, 0.25) is 0 Å². The lowest BCUT2D eigenvalue weighted by atomic mass is 9.73. The molecule has 7 heteroatoms. The molecule has 38 heavy (non-hydrogen) atoms. The third kappa shape index (κ3) is 5.89. The number of sulfone groups is 1. The summed E-state index contributed by atoms with van der Waals surface area (Å²) in [6, 6.07) is 14.7. The Bertz CT molecular complexity index is 1620. The van der Waals surface area contributed by atoms with Gasteiger partial charge in [0.25, 0.3) is 0 Å². The normalized spacial score (nSPS) is 16.6. The highest BCUT2D eigenvalue weighted by molar-refractivity contribution is 9.10. The van der Waals surface area contributed by atoms with Crippen LogP contribution in [0.15, 0.2) is 116 Å². The largest absolute Gasteiger partial charge is 0.338 e. The fraction of sp³-hybridized carbons (Fsp3) is 0.226. The molecule has 0 amide bonds. The van der Waals surface area contributed by atoms with E-state index < -0.39 is 9.84 Å². The molecule has 2 aromatic carbocycles. The highest BCUT2D eigenvalue weighted by Crippen LogP contribution is 2.42. The lowest BCUT2D eigenvalue weighted by molar-refractivity contribution is 0.423. The number of hydrogen-bond acceptors (Lipinski definition) is 5. The van der Waals surface area contributed by atoms with E-state index in [1.165, 1.54) is 17.3 Å². The van der Waals surface area contributed by atoms with Gasteiger partial charge in [0, 0.05) is 16.6 Å². The smallest absolute Gasteiger partial charge is 0.225 e. The number of hydrogen-bond donors (Lipinski definition) is 1. The molecule has 2 aliphatic carbocycles. The number of halogens is 1. The molecule has 5 nitrogen and oxygen atoms in total. The van der Waals surface area contributed by atoms with Gasteiger partial charge in [-0.15, -0.1) is 0 Å². The zero-order valence-corrected chi connectivity index (χ0v) is 24.1. The van der Waals surface area contributed by atoms with Crippen LogP contribution in [0.25, 0.3) is 0 Å². The van der Waals surface area contributed by atoms with Crippen LogP contribution in [-0.2, 0) is 16.3 Å². The fourth-order valence-electron chi connectivity index (χ4n) is 4.72. The lowest BCUT2D eigenvalue weighted by Crippen LogP contribution is -2.23. The summed E-state index contributed by atoms with van der Waals surface area (Å²) in [5.74, 6) is 0.560. The third-order valence-corrected chi connectivity index (χ3v) is 8.78. The maximum Gasteiger partial charge on any atom is 0.225 e. The molecule has 0 bridgehead atoms. The molecule has 3 aromatic rings. The summed E-state index contributed by atoms with van der Waals surface area (Å²) in [5.41, 5.74) is 6.31. The number of allylic oxidation sites excluding steroid dienone is 7. The molecule has 0 spiro atoms. The highest BCUT2D eigenvalue weighted by Gasteiger charge is 2.30. The quantitative estimate of drug-likeness (QED) is 0.295. The number of rotatable bonds is 8. The van der Waals surface area contributed by atoms with E-state index in [1.54, 1.807) is 24.3 Å². The summed E-state index contributed by atoms with van der Waals surface area (Å²) in [4.78, 5) is 9.50. The van der Waals surface area contributed by atoms with Gasteiger partial charge < -0.3 is 5.32 Å². The minimum absolute atomic E-state index is 0.0646. The Balaban J connectivity index is 1.56.